The van der Waals surface area contributed by atoms with Crippen LogP contribution in [0.4, 0.5) is 0 Å². The monoisotopic (exact) mass is 577 g/mol. The first-order chi connectivity index (χ1) is 22.2. The average molecular weight is 578 g/mol. The molecule has 0 aliphatic heterocycles. The Kier molecular flexibility index (Phi) is 5.69. The van der Waals surface area contributed by atoms with E-state index in [1.165, 1.54) is 27.4 Å². The van der Waals surface area contributed by atoms with Crippen LogP contribution in [0.2, 0.25) is 0 Å². The van der Waals surface area contributed by atoms with E-state index in [0.29, 0.717) is 11.4 Å². The van der Waals surface area contributed by atoms with E-state index >= 15 is 0 Å². The minimum Gasteiger partial charge on any atom is -0.452 e. The Hall–Kier alpha value is -6.00. The minimum atomic E-state index is 0.690. The molecule has 4 heteroatoms. The van der Waals surface area contributed by atoms with Crippen LogP contribution in [-0.4, -0.2) is 14.5 Å². The molecule has 9 rings (SSSR count). The highest BCUT2D eigenvalue weighted by Gasteiger charge is 2.19. The van der Waals surface area contributed by atoms with Gasteiger partial charge in [0.2, 0.25) is 0 Å². The molecular formula is C41H27N3O. The summed E-state index contributed by atoms with van der Waals surface area (Å²) in [5, 5.41) is 3.48. The van der Waals surface area contributed by atoms with E-state index in [1.807, 2.05) is 24.3 Å². The molecule has 0 radical (unpaired) electrons. The quantitative estimate of drug-likeness (QED) is 0.209. The third kappa shape index (κ3) is 4.15. The first-order valence-corrected chi connectivity index (χ1v) is 15.2. The molecule has 0 unspecified atom stereocenters. The van der Waals surface area contributed by atoms with Crippen LogP contribution in [0.25, 0.3) is 83.3 Å². The van der Waals surface area contributed by atoms with Crippen LogP contribution in [0.3, 0.4) is 0 Å². The van der Waals surface area contributed by atoms with Crippen molar-refractivity contribution in [2.24, 2.45) is 0 Å². The molecule has 212 valence electrons. The Morgan fingerprint density at radius 2 is 1.18 bits per heavy atom. The summed E-state index contributed by atoms with van der Waals surface area (Å²) in [5.41, 5.74) is 12.0. The summed E-state index contributed by atoms with van der Waals surface area (Å²) < 4.78 is 8.95. The number of aryl methyl sites for hydroxylation is 1. The van der Waals surface area contributed by atoms with Crippen LogP contribution in [0, 0.1) is 6.92 Å². The van der Waals surface area contributed by atoms with Crippen molar-refractivity contribution in [3.63, 3.8) is 0 Å². The number of para-hydroxylation sites is 2. The fourth-order valence-electron chi connectivity index (χ4n) is 6.55. The van der Waals surface area contributed by atoms with E-state index in [0.717, 1.165) is 50.1 Å². The van der Waals surface area contributed by atoms with E-state index in [1.54, 1.807) is 0 Å². The van der Waals surface area contributed by atoms with E-state index in [2.05, 4.69) is 133 Å². The maximum Gasteiger partial charge on any atom is 0.180 e. The normalized spacial score (nSPS) is 11.7. The topological polar surface area (TPSA) is 43.9 Å². The molecule has 0 saturated heterocycles. The van der Waals surface area contributed by atoms with Crippen molar-refractivity contribution >= 4 is 43.9 Å². The zero-order valence-electron chi connectivity index (χ0n) is 24.6. The Balaban J connectivity index is 1.22. The van der Waals surface area contributed by atoms with E-state index < -0.39 is 0 Å². The number of benzene rings is 6. The van der Waals surface area contributed by atoms with Crippen LogP contribution < -0.4 is 0 Å². The summed E-state index contributed by atoms with van der Waals surface area (Å²) in [5.74, 6) is 0.690. The lowest BCUT2D eigenvalue weighted by atomic mass is 10.0. The first kappa shape index (κ1) is 25.5. The van der Waals surface area contributed by atoms with Crippen LogP contribution in [0.15, 0.2) is 150 Å². The van der Waals surface area contributed by atoms with Crippen molar-refractivity contribution in [1.82, 2.24) is 14.5 Å². The van der Waals surface area contributed by atoms with Gasteiger partial charge in [-0.1, -0.05) is 109 Å². The predicted octanol–water partition coefficient (Wildman–Crippen LogP) is 10.8. The van der Waals surface area contributed by atoms with Gasteiger partial charge in [-0.05, 0) is 60.5 Å². The highest BCUT2D eigenvalue weighted by molar-refractivity contribution is 6.10. The van der Waals surface area contributed by atoms with E-state index in [-0.39, 0.29) is 0 Å². The summed E-state index contributed by atoms with van der Waals surface area (Å²) in [4.78, 5) is 10.1. The van der Waals surface area contributed by atoms with Gasteiger partial charge >= 0.3 is 0 Å². The first-order valence-electron chi connectivity index (χ1n) is 15.2. The predicted molar refractivity (Wildman–Crippen MR) is 185 cm³/mol. The molecule has 6 aromatic carbocycles. The fraction of sp³-hybridized carbons (Fsp3) is 0.0244. The highest BCUT2D eigenvalue weighted by Crippen LogP contribution is 2.38. The number of nitrogens with zero attached hydrogens (tertiary/aromatic N) is 3. The van der Waals surface area contributed by atoms with Gasteiger partial charge < -0.3 is 8.98 Å². The third-order valence-electron chi connectivity index (χ3n) is 8.66. The molecule has 0 atom stereocenters. The van der Waals surface area contributed by atoms with Gasteiger partial charge in [0.15, 0.2) is 11.4 Å². The zero-order chi connectivity index (χ0) is 29.9. The van der Waals surface area contributed by atoms with Gasteiger partial charge in [-0.15, -0.1) is 0 Å². The molecule has 4 nitrogen and oxygen atoms in total. The Labute approximate surface area is 259 Å². The van der Waals surface area contributed by atoms with Gasteiger partial charge in [-0.3, -0.25) is 0 Å². The van der Waals surface area contributed by atoms with Gasteiger partial charge in [0.05, 0.1) is 11.0 Å². The van der Waals surface area contributed by atoms with Crippen molar-refractivity contribution in [2.75, 3.05) is 0 Å². The van der Waals surface area contributed by atoms with E-state index in [9.17, 15) is 0 Å². The summed E-state index contributed by atoms with van der Waals surface area (Å²) in [6.07, 6.45) is 0. The highest BCUT2D eigenvalue weighted by atomic mass is 16.3. The second-order valence-corrected chi connectivity index (χ2v) is 11.5. The number of furan rings is 1. The molecule has 0 amide bonds. The van der Waals surface area contributed by atoms with Crippen molar-refractivity contribution in [3.8, 4) is 39.5 Å². The fourth-order valence-corrected chi connectivity index (χ4v) is 6.55. The molecule has 0 aliphatic carbocycles. The van der Waals surface area contributed by atoms with Crippen molar-refractivity contribution in [1.29, 1.82) is 0 Å². The summed E-state index contributed by atoms with van der Waals surface area (Å²) in [7, 11) is 0. The summed E-state index contributed by atoms with van der Waals surface area (Å²) >= 11 is 0. The smallest absolute Gasteiger partial charge is 0.180 e. The molecule has 3 heterocycles. The number of rotatable bonds is 4. The molecule has 0 aliphatic rings. The van der Waals surface area contributed by atoms with E-state index in [4.69, 9.17) is 14.4 Å². The summed E-state index contributed by atoms with van der Waals surface area (Å²) in [6, 6.07) is 50.9. The zero-order valence-corrected chi connectivity index (χ0v) is 24.6. The number of hydrogen-bond acceptors (Lipinski definition) is 3. The number of hydrogen-bond donors (Lipinski definition) is 0. The maximum absolute atomic E-state index is 6.60. The lowest BCUT2D eigenvalue weighted by Gasteiger charge is -2.10. The Morgan fingerprint density at radius 1 is 0.511 bits per heavy atom. The lowest BCUT2D eigenvalue weighted by Crippen LogP contribution is -1.94. The molecule has 0 spiro atoms. The lowest BCUT2D eigenvalue weighted by molar-refractivity contribution is 0.667. The molecular weight excluding hydrogens is 550 g/mol. The minimum absolute atomic E-state index is 0.690. The molecule has 45 heavy (non-hydrogen) atoms. The Morgan fingerprint density at radius 3 is 1.96 bits per heavy atom. The number of aromatic nitrogens is 3. The largest absolute Gasteiger partial charge is 0.452 e. The van der Waals surface area contributed by atoms with Gasteiger partial charge in [0, 0.05) is 33.0 Å². The molecule has 0 saturated carbocycles. The van der Waals surface area contributed by atoms with Gasteiger partial charge in [0.1, 0.15) is 16.8 Å². The third-order valence-corrected chi connectivity index (χ3v) is 8.66. The van der Waals surface area contributed by atoms with Gasteiger partial charge in [-0.25, -0.2) is 9.97 Å². The molecule has 0 bridgehead atoms. The SMILES string of the molecule is Cc1cccc(-c2nc(-c3ccccc3)c3oc4cc(-c5cccc(-n6c7ccccc7c7ccccc76)c5)ccc4c3n2)c1. The van der Waals surface area contributed by atoms with Crippen molar-refractivity contribution < 1.29 is 4.42 Å². The Bertz CT molecular complexity index is 2500. The molecule has 9 aromatic rings. The van der Waals surface area contributed by atoms with Crippen molar-refractivity contribution in [2.45, 2.75) is 6.92 Å². The average Bonchev–Trinajstić information content (AvgIpc) is 3.64. The molecule has 3 aromatic heterocycles. The summed E-state index contributed by atoms with van der Waals surface area (Å²) in [6.45, 7) is 2.09. The standard InChI is InChI=1S/C41H27N3O/c1-26-11-9-15-30(23-26)41-42-38(27-12-3-2-4-13-27)40-39(43-41)34-22-21-29(25-37(34)45-40)28-14-10-16-31(24-28)44-35-19-7-5-17-32(35)33-18-6-8-20-36(33)44/h2-25H,1H3. The van der Waals surface area contributed by atoms with Gasteiger partial charge in [-0.2, -0.15) is 0 Å². The second kappa shape index (κ2) is 10.0. The van der Waals surface area contributed by atoms with Crippen LogP contribution in [-0.2, 0) is 0 Å². The van der Waals surface area contributed by atoms with Gasteiger partial charge in [0.25, 0.3) is 0 Å². The number of fused-ring (bicyclic) bond motifs is 6. The molecule has 0 N–H and O–H groups in total. The van der Waals surface area contributed by atoms with Crippen LogP contribution in [0.5, 0.6) is 0 Å². The van der Waals surface area contributed by atoms with Crippen LogP contribution in [0.1, 0.15) is 5.56 Å². The van der Waals surface area contributed by atoms with Crippen LogP contribution >= 0.6 is 0 Å². The second-order valence-electron chi connectivity index (χ2n) is 11.5. The molecule has 0 fully saturated rings. The maximum atomic E-state index is 6.60. The van der Waals surface area contributed by atoms with Crippen molar-refractivity contribution in [3.05, 3.63) is 151 Å².